The van der Waals surface area contributed by atoms with Crippen LogP contribution < -0.4 is 15.4 Å². The van der Waals surface area contributed by atoms with E-state index in [9.17, 15) is 0 Å². The minimum atomic E-state index is 0.484. The fourth-order valence-corrected chi connectivity index (χ4v) is 2.79. The van der Waals surface area contributed by atoms with Crippen LogP contribution in [0.1, 0.15) is 46.0 Å². The maximum absolute atomic E-state index is 5.47. The van der Waals surface area contributed by atoms with Crippen molar-refractivity contribution in [3.05, 3.63) is 6.33 Å². The van der Waals surface area contributed by atoms with Crippen molar-refractivity contribution in [2.45, 2.75) is 52.0 Å². The SMILES string of the molecule is CCNc1ncnc(NC2CCCC(C)CC2)c1OC. The number of ether oxygens (including phenoxy) is 1. The smallest absolute Gasteiger partial charge is 0.204 e. The second-order valence-corrected chi connectivity index (χ2v) is 5.59. The van der Waals surface area contributed by atoms with Gasteiger partial charge >= 0.3 is 0 Å². The molecule has 2 N–H and O–H groups in total. The first-order valence-corrected chi connectivity index (χ1v) is 7.64. The maximum atomic E-state index is 5.47. The summed E-state index contributed by atoms with van der Waals surface area (Å²) in [5.41, 5.74) is 0. The topological polar surface area (TPSA) is 59.1 Å². The molecule has 1 fully saturated rings. The number of nitrogens with zero attached hydrogens (tertiary/aromatic N) is 2. The van der Waals surface area contributed by atoms with Crippen molar-refractivity contribution < 1.29 is 4.74 Å². The van der Waals surface area contributed by atoms with Crippen LogP contribution in [0.3, 0.4) is 0 Å². The van der Waals surface area contributed by atoms with Crippen molar-refractivity contribution in [1.82, 2.24) is 9.97 Å². The van der Waals surface area contributed by atoms with Crippen LogP contribution in [-0.4, -0.2) is 29.7 Å². The molecule has 0 bridgehead atoms. The summed E-state index contributed by atoms with van der Waals surface area (Å²) >= 11 is 0. The quantitative estimate of drug-likeness (QED) is 0.809. The van der Waals surface area contributed by atoms with Crippen LogP contribution in [0.25, 0.3) is 0 Å². The Kier molecular flexibility index (Phi) is 5.44. The zero-order chi connectivity index (χ0) is 14.4. The predicted molar refractivity (Wildman–Crippen MR) is 82.4 cm³/mol. The van der Waals surface area contributed by atoms with Crippen molar-refractivity contribution in [2.24, 2.45) is 5.92 Å². The van der Waals surface area contributed by atoms with Crippen LogP contribution in [0.4, 0.5) is 11.6 Å². The van der Waals surface area contributed by atoms with E-state index in [1.54, 1.807) is 13.4 Å². The molecule has 1 heterocycles. The normalized spacial score (nSPS) is 22.9. The first-order valence-electron chi connectivity index (χ1n) is 7.64. The van der Waals surface area contributed by atoms with Crippen molar-refractivity contribution in [2.75, 3.05) is 24.3 Å². The zero-order valence-electron chi connectivity index (χ0n) is 12.8. The summed E-state index contributed by atoms with van der Waals surface area (Å²) in [7, 11) is 1.67. The number of hydrogen-bond acceptors (Lipinski definition) is 5. The van der Waals surface area contributed by atoms with E-state index in [4.69, 9.17) is 4.74 Å². The van der Waals surface area contributed by atoms with Crippen LogP contribution in [-0.2, 0) is 0 Å². The van der Waals surface area contributed by atoms with Gasteiger partial charge in [0.1, 0.15) is 6.33 Å². The minimum Gasteiger partial charge on any atom is -0.490 e. The maximum Gasteiger partial charge on any atom is 0.204 e. The highest BCUT2D eigenvalue weighted by Crippen LogP contribution is 2.31. The first kappa shape index (κ1) is 14.9. The number of nitrogens with one attached hydrogen (secondary N) is 2. The Balaban J connectivity index is 2.09. The van der Waals surface area contributed by atoms with Gasteiger partial charge in [-0.2, -0.15) is 0 Å². The van der Waals surface area contributed by atoms with E-state index in [0.29, 0.717) is 11.8 Å². The number of rotatable bonds is 5. The van der Waals surface area contributed by atoms with Crippen LogP contribution in [0.15, 0.2) is 6.33 Å². The molecule has 0 aliphatic heterocycles. The average molecular weight is 278 g/mol. The molecule has 0 spiro atoms. The van der Waals surface area contributed by atoms with E-state index >= 15 is 0 Å². The summed E-state index contributed by atoms with van der Waals surface area (Å²) in [6.45, 7) is 5.20. The highest BCUT2D eigenvalue weighted by atomic mass is 16.5. The molecule has 1 aliphatic carbocycles. The summed E-state index contributed by atoms with van der Waals surface area (Å²) in [5.74, 6) is 3.12. The molecule has 1 aliphatic rings. The molecule has 0 saturated heterocycles. The van der Waals surface area contributed by atoms with E-state index in [2.05, 4.69) is 27.5 Å². The molecule has 0 aromatic carbocycles. The summed E-state index contributed by atoms with van der Waals surface area (Å²) < 4.78 is 5.47. The third kappa shape index (κ3) is 3.74. The van der Waals surface area contributed by atoms with Gasteiger partial charge in [0.25, 0.3) is 0 Å². The van der Waals surface area contributed by atoms with Gasteiger partial charge in [-0.05, 0) is 32.1 Å². The Morgan fingerprint density at radius 1 is 1.20 bits per heavy atom. The first-order chi connectivity index (χ1) is 9.74. The number of aromatic nitrogens is 2. The van der Waals surface area contributed by atoms with Crippen molar-refractivity contribution in [3.63, 3.8) is 0 Å². The second-order valence-electron chi connectivity index (χ2n) is 5.59. The molecular weight excluding hydrogens is 252 g/mol. The fraction of sp³-hybridized carbons (Fsp3) is 0.733. The molecule has 20 heavy (non-hydrogen) atoms. The van der Waals surface area contributed by atoms with Crippen LogP contribution in [0.5, 0.6) is 5.75 Å². The summed E-state index contributed by atoms with van der Waals surface area (Å²) in [5, 5.41) is 6.75. The summed E-state index contributed by atoms with van der Waals surface area (Å²) in [6.07, 6.45) is 7.89. The van der Waals surface area contributed by atoms with Crippen molar-refractivity contribution in [1.29, 1.82) is 0 Å². The molecule has 2 unspecified atom stereocenters. The van der Waals surface area contributed by atoms with Gasteiger partial charge < -0.3 is 15.4 Å². The molecule has 1 saturated carbocycles. The Hall–Kier alpha value is -1.52. The molecule has 2 atom stereocenters. The van der Waals surface area contributed by atoms with Gasteiger partial charge in [-0.3, -0.25) is 0 Å². The van der Waals surface area contributed by atoms with E-state index in [1.165, 1.54) is 32.1 Å². The molecule has 0 radical (unpaired) electrons. The van der Waals surface area contributed by atoms with Crippen molar-refractivity contribution in [3.8, 4) is 5.75 Å². The Labute approximate surface area is 121 Å². The molecule has 2 rings (SSSR count). The van der Waals surface area contributed by atoms with Crippen LogP contribution in [0, 0.1) is 5.92 Å². The largest absolute Gasteiger partial charge is 0.490 e. The number of methoxy groups -OCH3 is 1. The lowest BCUT2D eigenvalue weighted by Gasteiger charge is -2.19. The Morgan fingerprint density at radius 3 is 2.75 bits per heavy atom. The summed E-state index contributed by atoms with van der Waals surface area (Å²) in [6, 6.07) is 0.484. The molecule has 112 valence electrons. The monoisotopic (exact) mass is 278 g/mol. The Morgan fingerprint density at radius 2 is 2.00 bits per heavy atom. The molecule has 1 aromatic heterocycles. The molecule has 5 heteroatoms. The third-order valence-corrected chi connectivity index (χ3v) is 3.95. The fourth-order valence-electron chi connectivity index (χ4n) is 2.79. The van der Waals surface area contributed by atoms with Gasteiger partial charge in [-0.1, -0.05) is 19.8 Å². The van der Waals surface area contributed by atoms with E-state index < -0.39 is 0 Å². The number of anilines is 2. The van der Waals surface area contributed by atoms with Gasteiger partial charge in [0.05, 0.1) is 7.11 Å². The number of hydrogen-bond donors (Lipinski definition) is 2. The third-order valence-electron chi connectivity index (χ3n) is 3.95. The van der Waals surface area contributed by atoms with Gasteiger partial charge in [-0.25, -0.2) is 9.97 Å². The highest BCUT2D eigenvalue weighted by Gasteiger charge is 2.19. The van der Waals surface area contributed by atoms with Crippen LogP contribution in [0.2, 0.25) is 0 Å². The van der Waals surface area contributed by atoms with E-state index in [1.807, 2.05) is 6.92 Å². The van der Waals surface area contributed by atoms with Crippen LogP contribution >= 0.6 is 0 Å². The van der Waals surface area contributed by atoms with Gasteiger partial charge in [-0.15, -0.1) is 0 Å². The lowest BCUT2D eigenvalue weighted by molar-refractivity contribution is 0.413. The van der Waals surface area contributed by atoms with Crippen molar-refractivity contribution >= 4 is 11.6 Å². The second kappa shape index (κ2) is 7.31. The lowest BCUT2D eigenvalue weighted by Crippen LogP contribution is -2.20. The highest BCUT2D eigenvalue weighted by molar-refractivity contribution is 5.63. The van der Waals surface area contributed by atoms with E-state index in [-0.39, 0.29) is 0 Å². The van der Waals surface area contributed by atoms with E-state index in [0.717, 1.165) is 24.1 Å². The lowest BCUT2D eigenvalue weighted by atomic mass is 10.0. The molecule has 1 aromatic rings. The standard InChI is InChI=1S/C15H26N4O/c1-4-16-14-13(20-3)15(18-10-17-14)19-12-7-5-6-11(2)8-9-12/h10-12H,4-9H2,1-3H3,(H2,16,17,18,19). The van der Waals surface area contributed by atoms with Gasteiger partial charge in [0.2, 0.25) is 5.75 Å². The minimum absolute atomic E-state index is 0.484. The Bertz CT molecular complexity index is 424. The molecular formula is C15H26N4O. The predicted octanol–water partition coefficient (Wildman–Crippen LogP) is 3.30. The molecule has 5 nitrogen and oxygen atoms in total. The van der Waals surface area contributed by atoms with Gasteiger partial charge in [0, 0.05) is 12.6 Å². The van der Waals surface area contributed by atoms with Gasteiger partial charge in [0.15, 0.2) is 11.6 Å². The molecule has 0 amide bonds. The zero-order valence-corrected chi connectivity index (χ0v) is 12.8. The average Bonchev–Trinajstić information content (AvgIpc) is 2.65. The summed E-state index contributed by atoms with van der Waals surface area (Å²) in [4.78, 5) is 8.59.